The summed E-state index contributed by atoms with van der Waals surface area (Å²) in [6.07, 6.45) is 5.70. The Kier molecular flexibility index (Phi) is 7.45. The van der Waals surface area contributed by atoms with Gasteiger partial charge in [-0.1, -0.05) is 32.2 Å². The first-order valence-electron chi connectivity index (χ1n) is 9.20. The van der Waals surface area contributed by atoms with Gasteiger partial charge in [0.05, 0.1) is 6.10 Å². The molecule has 0 aliphatic carbocycles. The van der Waals surface area contributed by atoms with E-state index in [9.17, 15) is 14.7 Å². The standard InChI is InChI=1S/C20H29NO5/c1-13-9-10-16-15(3)19(23)26-18(16)17(22)14(2)8-6-4-5-7-11-21-20(24)25-12-13/h4-5,14,16-18,22H,1,3,6-12H2,2H3,(H,21,24)/b5-4-/t14-,16-,17-,18-/m0/s1. The van der Waals surface area contributed by atoms with Crippen molar-refractivity contribution in [3.05, 3.63) is 36.5 Å². The first-order valence-corrected chi connectivity index (χ1v) is 9.20. The molecule has 2 N–H and O–H groups in total. The number of carbonyl (C=O) groups is 2. The van der Waals surface area contributed by atoms with Gasteiger partial charge >= 0.3 is 12.1 Å². The van der Waals surface area contributed by atoms with Crippen LogP contribution in [0.4, 0.5) is 4.79 Å². The number of aliphatic hydroxyl groups excluding tert-OH is 1. The predicted molar refractivity (Wildman–Crippen MR) is 98.4 cm³/mol. The van der Waals surface area contributed by atoms with E-state index in [1.165, 1.54) is 0 Å². The lowest BCUT2D eigenvalue weighted by molar-refractivity contribution is -0.146. The maximum absolute atomic E-state index is 11.9. The Balaban J connectivity index is 2.08. The number of amides is 1. The van der Waals surface area contributed by atoms with Crippen LogP contribution in [0.25, 0.3) is 0 Å². The number of cyclic esters (lactones) is 1. The first kappa shape index (κ1) is 20.2. The van der Waals surface area contributed by atoms with Crippen molar-refractivity contribution in [2.24, 2.45) is 11.8 Å². The van der Waals surface area contributed by atoms with Crippen molar-refractivity contribution in [3.63, 3.8) is 0 Å². The van der Waals surface area contributed by atoms with E-state index in [4.69, 9.17) is 9.47 Å². The number of fused-ring (bicyclic) bond motifs is 1. The molecule has 4 atom stereocenters. The number of hydrogen-bond acceptors (Lipinski definition) is 5. The van der Waals surface area contributed by atoms with Gasteiger partial charge in [0.25, 0.3) is 0 Å². The van der Waals surface area contributed by atoms with Crippen LogP contribution in [0.3, 0.4) is 0 Å². The van der Waals surface area contributed by atoms with E-state index in [1.54, 1.807) is 0 Å². The zero-order valence-corrected chi connectivity index (χ0v) is 15.4. The summed E-state index contributed by atoms with van der Waals surface area (Å²) in [5.41, 5.74) is 1.14. The Morgan fingerprint density at radius 2 is 1.92 bits per heavy atom. The van der Waals surface area contributed by atoms with Gasteiger partial charge in [-0.05, 0) is 43.6 Å². The lowest BCUT2D eigenvalue weighted by Gasteiger charge is -2.27. The van der Waals surface area contributed by atoms with Crippen molar-refractivity contribution >= 4 is 12.1 Å². The van der Waals surface area contributed by atoms with Crippen LogP contribution in [0.15, 0.2) is 36.5 Å². The topological polar surface area (TPSA) is 84.9 Å². The van der Waals surface area contributed by atoms with Gasteiger partial charge in [0, 0.05) is 18.0 Å². The summed E-state index contributed by atoms with van der Waals surface area (Å²) in [6.45, 7) is 10.4. The largest absolute Gasteiger partial charge is 0.456 e. The third-order valence-electron chi connectivity index (χ3n) is 5.02. The molecular weight excluding hydrogens is 334 g/mol. The van der Waals surface area contributed by atoms with Crippen molar-refractivity contribution in [3.8, 4) is 0 Å². The second-order valence-corrected chi connectivity index (χ2v) is 7.10. The van der Waals surface area contributed by atoms with Crippen LogP contribution in [0.5, 0.6) is 0 Å². The van der Waals surface area contributed by atoms with Crippen molar-refractivity contribution in [1.82, 2.24) is 5.32 Å². The minimum Gasteiger partial charge on any atom is -0.456 e. The van der Waals surface area contributed by atoms with E-state index in [0.717, 1.165) is 24.8 Å². The summed E-state index contributed by atoms with van der Waals surface area (Å²) in [5, 5.41) is 13.4. The second kappa shape index (κ2) is 9.57. The molecule has 6 heteroatoms. The molecule has 1 fully saturated rings. The molecule has 0 aromatic heterocycles. The molecule has 1 saturated heterocycles. The molecule has 2 heterocycles. The fraction of sp³-hybridized carbons (Fsp3) is 0.600. The first-order chi connectivity index (χ1) is 12.4. The molecule has 0 unspecified atom stereocenters. The Morgan fingerprint density at radius 3 is 2.69 bits per heavy atom. The van der Waals surface area contributed by atoms with E-state index >= 15 is 0 Å². The molecule has 2 aliphatic heterocycles. The van der Waals surface area contributed by atoms with E-state index in [1.807, 2.05) is 19.1 Å². The van der Waals surface area contributed by atoms with E-state index in [2.05, 4.69) is 18.5 Å². The minimum absolute atomic E-state index is 0.00669. The number of esters is 1. The second-order valence-electron chi connectivity index (χ2n) is 7.10. The molecule has 0 aromatic rings. The van der Waals surface area contributed by atoms with Gasteiger partial charge in [-0.25, -0.2) is 9.59 Å². The third-order valence-corrected chi connectivity index (χ3v) is 5.02. The average molecular weight is 363 g/mol. The van der Waals surface area contributed by atoms with Crippen LogP contribution in [-0.2, 0) is 14.3 Å². The molecule has 0 spiro atoms. The quantitative estimate of drug-likeness (QED) is 0.393. The number of aliphatic hydroxyl groups is 1. The Labute approximate surface area is 154 Å². The summed E-state index contributed by atoms with van der Waals surface area (Å²) in [5.74, 6) is -0.702. The number of alkyl carbamates (subject to hydrolysis) is 1. The highest BCUT2D eigenvalue weighted by Crippen LogP contribution is 2.35. The molecule has 1 amide bonds. The number of allylic oxidation sites excluding steroid dienone is 1. The highest BCUT2D eigenvalue weighted by atomic mass is 16.6. The van der Waals surface area contributed by atoms with Crippen molar-refractivity contribution in [2.45, 2.75) is 51.2 Å². The maximum Gasteiger partial charge on any atom is 0.407 e. The van der Waals surface area contributed by atoms with Crippen LogP contribution < -0.4 is 5.32 Å². The van der Waals surface area contributed by atoms with Crippen molar-refractivity contribution in [1.29, 1.82) is 0 Å². The third kappa shape index (κ3) is 5.46. The number of ether oxygens (including phenoxy) is 2. The highest BCUT2D eigenvalue weighted by molar-refractivity contribution is 5.90. The van der Waals surface area contributed by atoms with Gasteiger partial charge in [0.2, 0.25) is 0 Å². The van der Waals surface area contributed by atoms with Gasteiger partial charge in [0.15, 0.2) is 0 Å². The zero-order chi connectivity index (χ0) is 19.1. The molecule has 0 bridgehead atoms. The summed E-state index contributed by atoms with van der Waals surface area (Å²) in [7, 11) is 0. The molecule has 0 aromatic carbocycles. The van der Waals surface area contributed by atoms with Crippen LogP contribution in [0.2, 0.25) is 0 Å². The van der Waals surface area contributed by atoms with Crippen LogP contribution in [0, 0.1) is 11.8 Å². The summed E-state index contributed by atoms with van der Waals surface area (Å²) >= 11 is 0. The van der Waals surface area contributed by atoms with E-state index in [0.29, 0.717) is 25.0 Å². The SMILES string of the molecule is C=C1CC[C@H]2C(=C)C(=O)O[C@@H]2[C@@H](O)[C@@H](C)CC/C=C\CCNC(=O)OC1. The number of carbonyl (C=O) groups excluding carboxylic acids is 2. The van der Waals surface area contributed by atoms with Gasteiger partial charge < -0.3 is 19.9 Å². The summed E-state index contributed by atoms with van der Waals surface area (Å²) in [4.78, 5) is 23.6. The monoisotopic (exact) mass is 363 g/mol. The van der Waals surface area contributed by atoms with Gasteiger partial charge in [-0.3, -0.25) is 0 Å². The molecule has 2 aliphatic rings. The van der Waals surface area contributed by atoms with Gasteiger partial charge in [-0.15, -0.1) is 0 Å². The zero-order valence-electron chi connectivity index (χ0n) is 15.4. The number of hydrogen-bond donors (Lipinski definition) is 2. The number of nitrogens with one attached hydrogen (secondary N) is 1. The summed E-state index contributed by atoms with van der Waals surface area (Å²) in [6, 6.07) is 0. The minimum atomic E-state index is -0.736. The fourth-order valence-corrected chi connectivity index (χ4v) is 3.27. The lowest BCUT2D eigenvalue weighted by atomic mass is 9.83. The Bertz CT molecular complexity index is 583. The molecule has 2 rings (SSSR count). The predicted octanol–water partition coefficient (Wildman–Crippen LogP) is 2.88. The smallest absolute Gasteiger partial charge is 0.407 e. The van der Waals surface area contributed by atoms with Gasteiger partial charge in [0.1, 0.15) is 12.7 Å². The highest BCUT2D eigenvalue weighted by Gasteiger charge is 2.43. The molecule has 0 radical (unpaired) electrons. The van der Waals surface area contributed by atoms with Crippen LogP contribution in [-0.4, -0.2) is 42.5 Å². The van der Waals surface area contributed by atoms with Gasteiger partial charge in [-0.2, -0.15) is 0 Å². The van der Waals surface area contributed by atoms with Crippen LogP contribution in [0.1, 0.15) is 39.0 Å². The molecule has 144 valence electrons. The fourth-order valence-electron chi connectivity index (χ4n) is 3.27. The Morgan fingerprint density at radius 1 is 1.19 bits per heavy atom. The Hall–Kier alpha value is -2.08. The van der Waals surface area contributed by atoms with Crippen molar-refractivity contribution < 1.29 is 24.2 Å². The normalized spacial score (nSPS) is 33.5. The van der Waals surface area contributed by atoms with E-state index < -0.39 is 24.3 Å². The molecule has 6 nitrogen and oxygen atoms in total. The lowest BCUT2D eigenvalue weighted by Crippen LogP contribution is -2.36. The number of rotatable bonds is 0. The summed E-state index contributed by atoms with van der Waals surface area (Å²) < 4.78 is 10.5. The average Bonchev–Trinajstić information content (AvgIpc) is 2.90. The molecule has 26 heavy (non-hydrogen) atoms. The molecular formula is C20H29NO5. The van der Waals surface area contributed by atoms with E-state index in [-0.39, 0.29) is 18.4 Å². The maximum atomic E-state index is 11.9. The van der Waals surface area contributed by atoms with Crippen molar-refractivity contribution in [2.75, 3.05) is 13.2 Å². The molecule has 0 saturated carbocycles. The van der Waals surface area contributed by atoms with Crippen LogP contribution >= 0.6 is 0 Å².